The van der Waals surface area contributed by atoms with Crippen molar-refractivity contribution in [1.29, 1.82) is 0 Å². The fourth-order valence-corrected chi connectivity index (χ4v) is 8.12. The average Bonchev–Trinajstić information content (AvgIpc) is 3.33. The predicted octanol–water partition coefficient (Wildman–Crippen LogP) is 4.73. The third kappa shape index (κ3) is 5.04. The van der Waals surface area contributed by atoms with E-state index in [1.165, 1.54) is 0 Å². The Balaban J connectivity index is 1.45. The minimum absolute atomic E-state index is 0.0678. The zero-order valence-corrected chi connectivity index (χ0v) is 27.3. The first-order chi connectivity index (χ1) is 22.2. The van der Waals surface area contributed by atoms with Gasteiger partial charge in [0, 0.05) is 37.6 Å². The average molecular weight is 628 g/mol. The van der Waals surface area contributed by atoms with Gasteiger partial charge in [0.05, 0.1) is 24.0 Å². The van der Waals surface area contributed by atoms with E-state index in [9.17, 15) is 19.5 Å². The molecule has 1 unspecified atom stereocenters. The van der Waals surface area contributed by atoms with E-state index in [2.05, 4.69) is 0 Å². The first kappa shape index (κ1) is 32.0. The van der Waals surface area contributed by atoms with Crippen LogP contribution in [0.3, 0.4) is 0 Å². The van der Waals surface area contributed by atoms with Gasteiger partial charge in [-0.3, -0.25) is 14.4 Å². The smallest absolute Gasteiger partial charge is 0.253 e. The number of amides is 3. The summed E-state index contributed by atoms with van der Waals surface area (Å²) in [5.74, 6) is -1.62. The zero-order chi connectivity index (χ0) is 32.6. The molecule has 2 saturated heterocycles. The summed E-state index contributed by atoms with van der Waals surface area (Å²) in [6.45, 7) is 9.50. The Morgan fingerprint density at radius 2 is 1.54 bits per heavy atom. The molecule has 46 heavy (non-hydrogen) atoms. The molecule has 6 rings (SSSR count). The molecule has 3 amide bonds. The van der Waals surface area contributed by atoms with Crippen molar-refractivity contribution < 1.29 is 29.0 Å². The maximum absolute atomic E-state index is 14.9. The summed E-state index contributed by atoms with van der Waals surface area (Å²) in [6, 6.07) is 12.4. The molecular formula is C37H45N3O6. The minimum Gasteiger partial charge on any atom is -0.494 e. The summed E-state index contributed by atoms with van der Waals surface area (Å²) in [4.78, 5) is 49.6. The van der Waals surface area contributed by atoms with Crippen LogP contribution in [-0.2, 0) is 19.1 Å². The lowest BCUT2D eigenvalue weighted by atomic mass is 9.73. The predicted molar refractivity (Wildman–Crippen MR) is 177 cm³/mol. The fraction of sp³-hybridized carbons (Fsp3) is 0.486. The van der Waals surface area contributed by atoms with Crippen LogP contribution in [0.25, 0.3) is 0 Å². The molecule has 1 spiro atoms. The van der Waals surface area contributed by atoms with Crippen LogP contribution in [-0.4, -0.2) is 77.8 Å². The second kappa shape index (κ2) is 12.7. The summed E-state index contributed by atoms with van der Waals surface area (Å²) >= 11 is 0. The molecule has 2 aromatic carbocycles. The first-order valence-electron chi connectivity index (χ1n) is 16.6. The minimum atomic E-state index is -1.32. The number of fused-ring (bicyclic) bond motifs is 2. The number of rotatable bonds is 10. The Kier molecular flexibility index (Phi) is 8.83. The molecule has 4 heterocycles. The molecule has 0 radical (unpaired) electrons. The SMILES string of the molecule is CCOc1ccc(N2CC=C[C@@]3(CC)O[C@]45C=CCN(c6c(C)cccc6C)C(=O)C4N(CCCCCO)C(=O)[C@@H]5[C@H]3C2=O)cc1. The van der Waals surface area contributed by atoms with E-state index in [0.717, 1.165) is 22.6 Å². The number of anilines is 2. The van der Waals surface area contributed by atoms with Crippen LogP contribution in [0.15, 0.2) is 66.8 Å². The molecule has 2 aromatic rings. The van der Waals surface area contributed by atoms with E-state index >= 15 is 0 Å². The van der Waals surface area contributed by atoms with Gasteiger partial charge in [0.15, 0.2) is 0 Å². The highest BCUT2D eigenvalue weighted by molar-refractivity contribution is 6.08. The van der Waals surface area contributed by atoms with Gasteiger partial charge in [0.25, 0.3) is 5.91 Å². The van der Waals surface area contributed by atoms with Crippen LogP contribution in [0, 0.1) is 25.7 Å². The molecular weight excluding hydrogens is 582 g/mol. The van der Waals surface area contributed by atoms with Gasteiger partial charge in [0.2, 0.25) is 11.8 Å². The Bertz CT molecular complexity index is 1530. The van der Waals surface area contributed by atoms with E-state index in [4.69, 9.17) is 9.47 Å². The standard InChI is InChI=1S/C37H45N3O6/c1-5-36-19-11-22-38(27-15-17-28(18-16-27)45-6-2)33(42)29(36)30-34(43)40(21-8-7-9-24-41)32-35(44)39(23-12-20-37(30,32)46-36)31-25(3)13-10-14-26(31)4/h10-20,29-30,32,41H,5-9,21-24H2,1-4H3/t29-,30-,32?,36+,37-/m0/s1. The number of ether oxygens (including phenoxy) is 2. The highest BCUT2D eigenvalue weighted by atomic mass is 16.5. The molecule has 9 heteroatoms. The molecule has 5 atom stereocenters. The quantitative estimate of drug-likeness (QED) is 0.302. The Hall–Kier alpha value is -3.95. The van der Waals surface area contributed by atoms with Gasteiger partial charge in [-0.05, 0) is 81.8 Å². The van der Waals surface area contributed by atoms with Crippen LogP contribution in [0.1, 0.15) is 50.7 Å². The van der Waals surface area contributed by atoms with Crippen molar-refractivity contribution in [2.75, 3.05) is 42.6 Å². The highest BCUT2D eigenvalue weighted by Gasteiger charge is 2.75. The lowest BCUT2D eigenvalue weighted by Crippen LogP contribution is -2.56. The summed E-state index contributed by atoms with van der Waals surface area (Å²) < 4.78 is 12.8. The normalized spacial score (nSPS) is 28.7. The van der Waals surface area contributed by atoms with Crippen LogP contribution in [0.5, 0.6) is 5.75 Å². The van der Waals surface area contributed by atoms with Gasteiger partial charge >= 0.3 is 0 Å². The Morgan fingerprint density at radius 3 is 2.22 bits per heavy atom. The molecule has 9 nitrogen and oxygen atoms in total. The second-order valence-electron chi connectivity index (χ2n) is 12.8. The van der Waals surface area contributed by atoms with Crippen molar-refractivity contribution in [3.63, 3.8) is 0 Å². The van der Waals surface area contributed by atoms with Crippen molar-refractivity contribution in [3.05, 3.63) is 77.9 Å². The van der Waals surface area contributed by atoms with Crippen LogP contribution < -0.4 is 14.5 Å². The monoisotopic (exact) mass is 627 g/mol. The number of carbonyl (C=O) groups excluding carboxylic acids is 3. The third-order valence-corrected chi connectivity index (χ3v) is 10.2. The van der Waals surface area contributed by atoms with Crippen LogP contribution >= 0.6 is 0 Å². The molecule has 244 valence electrons. The van der Waals surface area contributed by atoms with Crippen LogP contribution in [0.4, 0.5) is 11.4 Å². The van der Waals surface area contributed by atoms with E-state index < -0.39 is 29.1 Å². The number of carbonyl (C=O) groups is 3. The molecule has 2 fully saturated rings. The first-order valence-corrected chi connectivity index (χ1v) is 16.6. The van der Waals surface area contributed by atoms with Crippen molar-refractivity contribution in [3.8, 4) is 5.75 Å². The number of hydrogen-bond acceptors (Lipinski definition) is 6. The van der Waals surface area contributed by atoms with E-state index in [0.29, 0.717) is 57.6 Å². The van der Waals surface area contributed by atoms with E-state index in [-0.39, 0.29) is 24.3 Å². The van der Waals surface area contributed by atoms with E-state index in [1.54, 1.807) is 14.7 Å². The number of unbranched alkanes of at least 4 members (excludes halogenated alkanes) is 2. The van der Waals surface area contributed by atoms with Gasteiger partial charge in [0.1, 0.15) is 17.4 Å². The van der Waals surface area contributed by atoms with E-state index in [1.807, 2.05) is 94.5 Å². The number of benzene rings is 2. The number of nitrogens with zero attached hydrogens (tertiary/aromatic N) is 3. The maximum Gasteiger partial charge on any atom is 0.253 e. The molecule has 1 N–H and O–H groups in total. The third-order valence-electron chi connectivity index (χ3n) is 10.2. The summed E-state index contributed by atoms with van der Waals surface area (Å²) in [7, 11) is 0. The summed E-state index contributed by atoms with van der Waals surface area (Å²) in [5, 5.41) is 9.40. The molecule has 0 aliphatic carbocycles. The molecule has 0 bridgehead atoms. The fourth-order valence-electron chi connectivity index (χ4n) is 8.12. The second-order valence-corrected chi connectivity index (χ2v) is 12.8. The number of likely N-dealkylation sites (tertiary alicyclic amines) is 1. The molecule has 4 aliphatic rings. The van der Waals surface area contributed by atoms with Crippen molar-refractivity contribution in [1.82, 2.24) is 4.90 Å². The molecule has 0 saturated carbocycles. The van der Waals surface area contributed by atoms with Crippen molar-refractivity contribution >= 4 is 29.1 Å². The number of para-hydroxylation sites is 1. The van der Waals surface area contributed by atoms with Crippen molar-refractivity contribution in [2.45, 2.75) is 70.6 Å². The number of aliphatic hydroxyl groups is 1. The van der Waals surface area contributed by atoms with Gasteiger partial charge < -0.3 is 29.3 Å². The lowest BCUT2D eigenvalue weighted by molar-refractivity contribution is -0.145. The van der Waals surface area contributed by atoms with Gasteiger partial charge in [-0.15, -0.1) is 0 Å². The molecule has 4 aliphatic heterocycles. The topological polar surface area (TPSA) is 99.6 Å². The number of aryl methyl sites for hydroxylation is 2. The number of aliphatic hydroxyl groups excluding tert-OH is 1. The van der Waals surface area contributed by atoms with Crippen LogP contribution in [0.2, 0.25) is 0 Å². The largest absolute Gasteiger partial charge is 0.494 e. The summed E-state index contributed by atoms with van der Waals surface area (Å²) in [6.07, 6.45) is 10.2. The lowest BCUT2D eigenvalue weighted by Gasteiger charge is -2.39. The number of hydrogen-bond donors (Lipinski definition) is 1. The highest BCUT2D eigenvalue weighted by Crippen LogP contribution is 2.59. The molecule has 0 aromatic heterocycles. The van der Waals surface area contributed by atoms with Gasteiger partial charge in [-0.1, -0.05) is 49.4 Å². The van der Waals surface area contributed by atoms with Gasteiger partial charge in [-0.2, -0.15) is 0 Å². The Labute approximate surface area is 271 Å². The maximum atomic E-state index is 14.9. The van der Waals surface area contributed by atoms with Crippen molar-refractivity contribution in [2.24, 2.45) is 11.8 Å². The summed E-state index contributed by atoms with van der Waals surface area (Å²) in [5.41, 5.74) is 1.11. The zero-order valence-electron chi connectivity index (χ0n) is 27.3. The van der Waals surface area contributed by atoms with Gasteiger partial charge in [-0.25, -0.2) is 0 Å². The Morgan fingerprint density at radius 1 is 0.848 bits per heavy atom.